The zero-order chi connectivity index (χ0) is 12.4. The second-order valence-corrected chi connectivity index (χ2v) is 5.56. The fraction of sp³-hybridized carbons (Fsp3) is 0.182. The van der Waals surface area contributed by atoms with Crippen LogP contribution in [-0.2, 0) is 6.42 Å². The highest BCUT2D eigenvalue weighted by Gasteiger charge is 2.15. The summed E-state index contributed by atoms with van der Waals surface area (Å²) < 4.78 is 13.5. The molecule has 2 nitrogen and oxygen atoms in total. The predicted molar refractivity (Wildman–Crippen MR) is 67.2 cm³/mol. The Morgan fingerprint density at radius 3 is 2.82 bits per heavy atom. The Hall–Kier alpha value is -0.680. The van der Waals surface area contributed by atoms with Crippen molar-refractivity contribution in [3.8, 4) is 0 Å². The molecule has 1 N–H and O–H groups in total. The molecule has 2 aromatic rings. The number of hydrogen-bond acceptors (Lipinski definition) is 3. The van der Waals surface area contributed by atoms with Gasteiger partial charge in [0.25, 0.3) is 0 Å². The molecule has 0 aliphatic carbocycles. The van der Waals surface area contributed by atoms with Gasteiger partial charge in [0.15, 0.2) is 0 Å². The number of aliphatic hydroxyl groups is 1. The van der Waals surface area contributed by atoms with Crippen LogP contribution in [0.25, 0.3) is 0 Å². The van der Waals surface area contributed by atoms with E-state index in [1.807, 2.05) is 0 Å². The van der Waals surface area contributed by atoms with Crippen LogP contribution in [0.15, 0.2) is 24.4 Å². The minimum atomic E-state index is -0.827. The molecule has 1 aromatic carbocycles. The van der Waals surface area contributed by atoms with Gasteiger partial charge in [-0.1, -0.05) is 23.2 Å². The quantitative estimate of drug-likeness (QED) is 0.931. The van der Waals surface area contributed by atoms with Gasteiger partial charge in [-0.2, -0.15) is 0 Å². The van der Waals surface area contributed by atoms with Crippen molar-refractivity contribution in [1.82, 2.24) is 4.98 Å². The monoisotopic (exact) mass is 291 g/mol. The minimum absolute atomic E-state index is 0.209. The van der Waals surface area contributed by atoms with Crippen molar-refractivity contribution in [3.05, 3.63) is 50.1 Å². The predicted octanol–water partition coefficient (Wildman–Crippen LogP) is 3.87. The summed E-state index contributed by atoms with van der Waals surface area (Å²) in [7, 11) is 0. The maximum Gasteiger partial charge on any atom is 0.123 e. The molecule has 6 heteroatoms. The highest BCUT2D eigenvalue weighted by molar-refractivity contribution is 7.15. The molecule has 0 aliphatic heterocycles. The van der Waals surface area contributed by atoms with Crippen LogP contribution >= 0.6 is 34.5 Å². The Bertz CT molecular complexity index is 532. The van der Waals surface area contributed by atoms with E-state index < -0.39 is 6.10 Å². The Balaban J connectivity index is 2.18. The summed E-state index contributed by atoms with van der Waals surface area (Å²) in [6.45, 7) is 0. The van der Waals surface area contributed by atoms with Gasteiger partial charge < -0.3 is 5.11 Å². The number of benzene rings is 1. The van der Waals surface area contributed by atoms with Gasteiger partial charge in [0, 0.05) is 11.4 Å². The molecule has 1 atom stereocenters. The van der Waals surface area contributed by atoms with Gasteiger partial charge in [0.05, 0.1) is 6.20 Å². The number of aromatic nitrogens is 1. The first-order valence-corrected chi connectivity index (χ1v) is 6.36. The van der Waals surface area contributed by atoms with Crippen molar-refractivity contribution in [2.24, 2.45) is 0 Å². The lowest BCUT2D eigenvalue weighted by Gasteiger charge is -2.09. The molecule has 0 radical (unpaired) electrons. The van der Waals surface area contributed by atoms with E-state index in [0.29, 0.717) is 19.9 Å². The largest absolute Gasteiger partial charge is 0.386 e. The molecule has 0 fully saturated rings. The number of halogens is 3. The number of rotatable bonds is 3. The lowest BCUT2D eigenvalue weighted by atomic mass is 10.1. The third-order valence-electron chi connectivity index (χ3n) is 2.20. The van der Waals surface area contributed by atoms with Crippen molar-refractivity contribution in [2.75, 3.05) is 0 Å². The summed E-state index contributed by atoms with van der Waals surface area (Å²) >= 11 is 12.8. The topological polar surface area (TPSA) is 33.1 Å². The van der Waals surface area contributed by atoms with Crippen LogP contribution in [0, 0.1) is 5.82 Å². The zero-order valence-corrected chi connectivity index (χ0v) is 10.9. The minimum Gasteiger partial charge on any atom is -0.386 e. The van der Waals surface area contributed by atoms with Crippen molar-refractivity contribution >= 4 is 34.5 Å². The van der Waals surface area contributed by atoms with Crippen LogP contribution in [0.5, 0.6) is 0 Å². The smallest absolute Gasteiger partial charge is 0.123 e. The molecular weight excluding hydrogens is 284 g/mol. The van der Waals surface area contributed by atoms with E-state index in [-0.39, 0.29) is 12.2 Å². The third-order valence-corrected chi connectivity index (χ3v) is 3.79. The Morgan fingerprint density at radius 2 is 2.18 bits per heavy atom. The average molecular weight is 292 g/mol. The summed E-state index contributed by atoms with van der Waals surface area (Å²) in [5.41, 5.74) is 0.547. The summed E-state index contributed by atoms with van der Waals surface area (Å²) in [4.78, 5) is 3.96. The van der Waals surface area contributed by atoms with E-state index in [1.54, 1.807) is 0 Å². The van der Waals surface area contributed by atoms with Crippen LogP contribution in [0.1, 0.15) is 16.7 Å². The van der Waals surface area contributed by atoms with Gasteiger partial charge >= 0.3 is 0 Å². The Kier molecular flexibility index (Phi) is 3.99. The first kappa shape index (κ1) is 12.8. The van der Waals surface area contributed by atoms with Gasteiger partial charge in [0.1, 0.15) is 21.3 Å². The van der Waals surface area contributed by atoms with Gasteiger partial charge in [-0.25, -0.2) is 9.37 Å². The molecule has 0 saturated carbocycles. The van der Waals surface area contributed by atoms with Crippen LogP contribution in [0.4, 0.5) is 4.39 Å². The van der Waals surface area contributed by atoms with E-state index >= 15 is 0 Å². The maximum absolute atomic E-state index is 13.0. The molecule has 90 valence electrons. The van der Waals surface area contributed by atoms with Crippen LogP contribution in [0.3, 0.4) is 0 Å². The second kappa shape index (κ2) is 5.31. The molecule has 0 amide bonds. The lowest BCUT2D eigenvalue weighted by Crippen LogP contribution is -2.02. The molecule has 1 aromatic heterocycles. The van der Waals surface area contributed by atoms with Crippen molar-refractivity contribution in [3.63, 3.8) is 0 Å². The zero-order valence-electron chi connectivity index (χ0n) is 8.53. The summed E-state index contributed by atoms with van der Waals surface area (Å²) in [6.07, 6.45) is 0.852. The summed E-state index contributed by atoms with van der Waals surface area (Å²) in [5, 5.41) is 10.8. The molecular formula is C11H8Cl2FNOS. The lowest BCUT2D eigenvalue weighted by molar-refractivity contribution is 0.178. The van der Waals surface area contributed by atoms with Gasteiger partial charge in [-0.05, 0) is 23.8 Å². The SMILES string of the molecule is OC(Cc1cc(F)ccc1Cl)c1ncc(Cl)s1. The molecule has 1 unspecified atom stereocenters. The normalized spacial score (nSPS) is 12.7. The first-order chi connectivity index (χ1) is 8.06. The van der Waals surface area contributed by atoms with Crippen molar-refractivity contribution in [2.45, 2.75) is 12.5 Å². The van der Waals surface area contributed by atoms with Crippen LogP contribution in [-0.4, -0.2) is 10.1 Å². The van der Waals surface area contributed by atoms with Crippen LogP contribution < -0.4 is 0 Å². The highest BCUT2D eigenvalue weighted by atomic mass is 35.5. The molecule has 0 saturated heterocycles. The fourth-order valence-electron chi connectivity index (χ4n) is 1.42. The van der Waals surface area contributed by atoms with E-state index in [0.717, 1.165) is 0 Å². The average Bonchev–Trinajstić information content (AvgIpc) is 2.70. The maximum atomic E-state index is 13.0. The summed E-state index contributed by atoms with van der Waals surface area (Å²) in [5.74, 6) is -0.381. The molecule has 17 heavy (non-hydrogen) atoms. The van der Waals surface area contributed by atoms with Gasteiger partial charge in [-0.15, -0.1) is 11.3 Å². The third kappa shape index (κ3) is 3.16. The molecule has 0 aliphatic rings. The molecule has 0 spiro atoms. The molecule has 2 rings (SSSR count). The number of aliphatic hydroxyl groups excluding tert-OH is 1. The van der Waals surface area contributed by atoms with E-state index in [1.165, 1.54) is 35.7 Å². The second-order valence-electron chi connectivity index (χ2n) is 3.46. The Morgan fingerprint density at radius 1 is 1.41 bits per heavy atom. The fourth-order valence-corrected chi connectivity index (χ4v) is 2.53. The van der Waals surface area contributed by atoms with Crippen molar-refractivity contribution in [1.29, 1.82) is 0 Å². The van der Waals surface area contributed by atoms with Gasteiger partial charge in [-0.3, -0.25) is 0 Å². The standard InChI is InChI=1S/C11H8Cl2FNOS/c12-8-2-1-7(14)3-6(8)4-9(16)11-15-5-10(13)17-11/h1-3,5,9,16H,4H2. The van der Waals surface area contributed by atoms with E-state index in [2.05, 4.69) is 4.98 Å². The Labute approximate surface area is 112 Å². The van der Waals surface area contributed by atoms with E-state index in [9.17, 15) is 9.50 Å². The molecule has 0 bridgehead atoms. The highest BCUT2D eigenvalue weighted by Crippen LogP contribution is 2.28. The number of hydrogen-bond donors (Lipinski definition) is 1. The van der Waals surface area contributed by atoms with Gasteiger partial charge in [0.2, 0.25) is 0 Å². The summed E-state index contributed by atoms with van der Waals surface area (Å²) in [6, 6.07) is 4.05. The first-order valence-electron chi connectivity index (χ1n) is 4.79. The number of thiazole rings is 1. The number of nitrogens with zero attached hydrogens (tertiary/aromatic N) is 1. The van der Waals surface area contributed by atoms with Crippen molar-refractivity contribution < 1.29 is 9.50 Å². The van der Waals surface area contributed by atoms with E-state index in [4.69, 9.17) is 23.2 Å². The molecule has 1 heterocycles. The van der Waals surface area contributed by atoms with Crippen LogP contribution in [0.2, 0.25) is 9.36 Å².